The molecular weight excluding hydrogens is 212 g/mol. The first-order chi connectivity index (χ1) is 8.11. The van der Waals surface area contributed by atoms with Gasteiger partial charge in [-0.15, -0.1) is 0 Å². The van der Waals surface area contributed by atoms with E-state index in [1.807, 2.05) is 0 Å². The maximum absolute atomic E-state index is 10.6. The lowest BCUT2D eigenvalue weighted by Crippen LogP contribution is -2.00. The van der Waals surface area contributed by atoms with Crippen molar-refractivity contribution in [3.8, 4) is 0 Å². The monoisotopic (exact) mass is 230 g/mol. The summed E-state index contributed by atoms with van der Waals surface area (Å²) in [5, 5.41) is 8.69. The molecule has 0 heterocycles. The molecule has 0 bridgehead atoms. The zero-order valence-corrected chi connectivity index (χ0v) is 10.4. The van der Waals surface area contributed by atoms with Gasteiger partial charge in [-0.3, -0.25) is 4.79 Å². The highest BCUT2D eigenvalue weighted by molar-refractivity contribution is 5.76. The fourth-order valence-corrected chi connectivity index (χ4v) is 2.68. The molecule has 0 aliphatic heterocycles. The van der Waals surface area contributed by atoms with Crippen LogP contribution in [0.15, 0.2) is 29.8 Å². The van der Waals surface area contributed by atoms with E-state index in [1.54, 1.807) is 0 Å². The molecule has 0 spiro atoms. The summed E-state index contributed by atoms with van der Waals surface area (Å²) in [4.78, 5) is 10.6. The normalized spacial score (nSPS) is 18.4. The van der Waals surface area contributed by atoms with Crippen molar-refractivity contribution < 1.29 is 9.90 Å². The van der Waals surface area contributed by atoms with Crippen molar-refractivity contribution in [3.05, 3.63) is 41.0 Å². The molecule has 0 saturated heterocycles. The molecule has 2 rings (SSSR count). The highest BCUT2D eigenvalue weighted by Gasteiger charge is 2.25. The van der Waals surface area contributed by atoms with E-state index in [9.17, 15) is 4.79 Å². The van der Waals surface area contributed by atoms with E-state index in [2.05, 4.69) is 38.1 Å². The predicted molar refractivity (Wildman–Crippen MR) is 68.9 cm³/mol. The molecule has 90 valence electrons. The van der Waals surface area contributed by atoms with Crippen LogP contribution < -0.4 is 0 Å². The summed E-state index contributed by atoms with van der Waals surface area (Å²) in [6.45, 7) is 4.33. The van der Waals surface area contributed by atoms with E-state index in [0.29, 0.717) is 5.92 Å². The molecule has 0 fully saturated rings. The van der Waals surface area contributed by atoms with Gasteiger partial charge in [0.2, 0.25) is 0 Å². The third-order valence-corrected chi connectivity index (χ3v) is 3.74. The Hall–Kier alpha value is -1.57. The third-order valence-electron chi connectivity index (χ3n) is 3.74. The van der Waals surface area contributed by atoms with E-state index in [1.165, 1.54) is 22.3 Å². The maximum Gasteiger partial charge on any atom is 0.303 e. The molecule has 1 aromatic rings. The first kappa shape index (κ1) is 11.9. The largest absolute Gasteiger partial charge is 0.481 e. The van der Waals surface area contributed by atoms with Crippen molar-refractivity contribution >= 4 is 11.5 Å². The number of rotatable bonds is 4. The quantitative estimate of drug-likeness (QED) is 0.853. The number of hydrogen-bond acceptors (Lipinski definition) is 1. The summed E-state index contributed by atoms with van der Waals surface area (Å²) in [6, 6.07) is 8.45. The van der Waals surface area contributed by atoms with Gasteiger partial charge >= 0.3 is 5.97 Å². The average molecular weight is 230 g/mol. The molecular formula is C15H18O2. The lowest BCUT2D eigenvalue weighted by Gasteiger charge is -2.13. The SMILES string of the molecule is CC1=C(C)C(CCCC(=O)O)c2ccccc21. The molecule has 17 heavy (non-hydrogen) atoms. The van der Waals surface area contributed by atoms with Crippen molar-refractivity contribution in [1.29, 1.82) is 0 Å². The van der Waals surface area contributed by atoms with Crippen molar-refractivity contribution in [2.75, 3.05) is 0 Å². The first-order valence-electron chi connectivity index (χ1n) is 6.09. The fourth-order valence-electron chi connectivity index (χ4n) is 2.68. The maximum atomic E-state index is 10.6. The number of allylic oxidation sites excluding steroid dienone is 2. The molecule has 1 aliphatic rings. The lowest BCUT2D eigenvalue weighted by atomic mass is 9.91. The van der Waals surface area contributed by atoms with Gasteiger partial charge in [-0.25, -0.2) is 0 Å². The van der Waals surface area contributed by atoms with Crippen molar-refractivity contribution in [2.24, 2.45) is 0 Å². The van der Waals surface area contributed by atoms with Gasteiger partial charge in [0, 0.05) is 12.3 Å². The minimum atomic E-state index is -0.699. The predicted octanol–water partition coefficient (Wildman–Crippen LogP) is 3.83. The zero-order valence-electron chi connectivity index (χ0n) is 10.4. The lowest BCUT2D eigenvalue weighted by molar-refractivity contribution is -0.137. The number of carboxylic acid groups (broad SMARTS) is 1. The van der Waals surface area contributed by atoms with Gasteiger partial charge in [0.15, 0.2) is 0 Å². The molecule has 0 amide bonds. The number of fused-ring (bicyclic) bond motifs is 1. The summed E-state index contributed by atoms with van der Waals surface area (Å²) in [6.07, 6.45) is 1.95. The Morgan fingerprint density at radius 1 is 1.29 bits per heavy atom. The van der Waals surface area contributed by atoms with Gasteiger partial charge < -0.3 is 5.11 Å². The molecule has 0 aromatic heterocycles. The van der Waals surface area contributed by atoms with Gasteiger partial charge in [-0.05, 0) is 43.4 Å². The van der Waals surface area contributed by atoms with Crippen LogP contribution in [0.3, 0.4) is 0 Å². The topological polar surface area (TPSA) is 37.3 Å². The second kappa shape index (κ2) is 4.74. The van der Waals surface area contributed by atoms with E-state index in [4.69, 9.17) is 5.11 Å². The first-order valence-corrected chi connectivity index (χ1v) is 6.09. The number of aliphatic carboxylic acids is 1. The zero-order chi connectivity index (χ0) is 12.4. The smallest absolute Gasteiger partial charge is 0.303 e. The van der Waals surface area contributed by atoms with Crippen LogP contribution in [0.5, 0.6) is 0 Å². The van der Waals surface area contributed by atoms with E-state index >= 15 is 0 Å². The highest BCUT2D eigenvalue weighted by atomic mass is 16.4. The number of hydrogen-bond donors (Lipinski definition) is 1. The van der Waals surface area contributed by atoms with Gasteiger partial charge in [0.25, 0.3) is 0 Å². The van der Waals surface area contributed by atoms with Gasteiger partial charge in [-0.1, -0.05) is 29.8 Å². The average Bonchev–Trinajstić information content (AvgIpc) is 2.54. The molecule has 0 radical (unpaired) electrons. The highest BCUT2D eigenvalue weighted by Crippen LogP contribution is 2.43. The molecule has 1 aromatic carbocycles. The van der Waals surface area contributed by atoms with Crippen LogP contribution >= 0.6 is 0 Å². The van der Waals surface area contributed by atoms with Crippen LogP contribution in [0.25, 0.3) is 5.57 Å². The van der Waals surface area contributed by atoms with Crippen LogP contribution in [0, 0.1) is 0 Å². The third kappa shape index (κ3) is 2.26. The Balaban J connectivity index is 2.16. The van der Waals surface area contributed by atoms with E-state index in [0.717, 1.165) is 12.8 Å². The van der Waals surface area contributed by atoms with E-state index in [-0.39, 0.29) is 6.42 Å². The second-order valence-electron chi connectivity index (χ2n) is 4.73. The molecule has 1 aliphatic carbocycles. The Bertz CT molecular complexity index is 472. The van der Waals surface area contributed by atoms with Crippen molar-refractivity contribution in [3.63, 3.8) is 0 Å². The summed E-state index contributed by atoms with van der Waals surface area (Å²) < 4.78 is 0. The Kier molecular flexibility index (Phi) is 3.32. The Labute approximate surface area is 102 Å². The minimum Gasteiger partial charge on any atom is -0.481 e. The molecule has 1 unspecified atom stereocenters. The summed E-state index contributed by atoms with van der Waals surface area (Å²) in [7, 11) is 0. The Morgan fingerprint density at radius 3 is 2.71 bits per heavy atom. The number of benzene rings is 1. The van der Waals surface area contributed by atoms with Gasteiger partial charge in [0.05, 0.1) is 0 Å². The summed E-state index contributed by atoms with van der Waals surface area (Å²) in [5.74, 6) is -0.278. The van der Waals surface area contributed by atoms with Gasteiger partial charge in [0.1, 0.15) is 0 Å². The van der Waals surface area contributed by atoms with Crippen LogP contribution in [0.2, 0.25) is 0 Å². The summed E-state index contributed by atoms with van der Waals surface area (Å²) in [5.41, 5.74) is 5.47. The van der Waals surface area contributed by atoms with Crippen LogP contribution in [0.4, 0.5) is 0 Å². The van der Waals surface area contributed by atoms with Crippen LogP contribution in [-0.2, 0) is 4.79 Å². The standard InChI is InChI=1S/C15H18O2/c1-10-11(2)13(8-5-9-15(16)17)14-7-4-3-6-12(10)14/h3-4,6-7,13H,5,8-9H2,1-2H3,(H,16,17). The number of carboxylic acids is 1. The van der Waals surface area contributed by atoms with Crippen LogP contribution in [0.1, 0.15) is 50.2 Å². The van der Waals surface area contributed by atoms with Crippen LogP contribution in [-0.4, -0.2) is 11.1 Å². The number of carbonyl (C=O) groups is 1. The molecule has 2 heteroatoms. The van der Waals surface area contributed by atoms with Gasteiger partial charge in [-0.2, -0.15) is 0 Å². The second-order valence-corrected chi connectivity index (χ2v) is 4.73. The molecule has 2 nitrogen and oxygen atoms in total. The molecule has 0 saturated carbocycles. The fraction of sp³-hybridized carbons (Fsp3) is 0.400. The molecule has 1 atom stereocenters. The summed E-state index contributed by atoms with van der Waals surface area (Å²) >= 11 is 0. The molecule has 1 N–H and O–H groups in total. The van der Waals surface area contributed by atoms with Crippen molar-refractivity contribution in [1.82, 2.24) is 0 Å². The minimum absolute atomic E-state index is 0.269. The van der Waals surface area contributed by atoms with Crippen molar-refractivity contribution in [2.45, 2.75) is 39.0 Å². The Morgan fingerprint density at radius 2 is 2.00 bits per heavy atom. The van der Waals surface area contributed by atoms with E-state index < -0.39 is 5.97 Å².